The van der Waals surface area contributed by atoms with Crippen molar-refractivity contribution in [3.63, 3.8) is 0 Å². The second-order valence-corrected chi connectivity index (χ2v) is 6.77. The number of halogens is 6. The van der Waals surface area contributed by atoms with Crippen molar-refractivity contribution in [2.45, 2.75) is 25.4 Å². The fourth-order valence-electron chi connectivity index (χ4n) is 2.68. The lowest BCUT2D eigenvalue weighted by atomic mass is 10.2. The van der Waals surface area contributed by atoms with Crippen LogP contribution in [0.25, 0.3) is 0 Å². The quantitative estimate of drug-likeness (QED) is 0.642. The van der Waals surface area contributed by atoms with Gasteiger partial charge in [-0.2, -0.15) is 23.5 Å². The molecule has 0 saturated carbocycles. The molecule has 1 aromatic carbocycles. The molecule has 0 saturated heterocycles. The summed E-state index contributed by atoms with van der Waals surface area (Å²) in [5.74, 6) is -1.35. The number of aliphatic hydroxyl groups is 1. The van der Waals surface area contributed by atoms with Gasteiger partial charge in [-0.1, -0.05) is 11.6 Å². The predicted octanol–water partition coefficient (Wildman–Crippen LogP) is 3.25. The van der Waals surface area contributed by atoms with Crippen LogP contribution < -0.4 is 10.3 Å². The molecule has 0 aliphatic carbocycles. The lowest BCUT2D eigenvalue weighted by Gasteiger charge is -2.31. The number of alkyl halides is 5. The smallest absolute Gasteiger partial charge is 0.436 e. The van der Waals surface area contributed by atoms with E-state index < -0.39 is 48.1 Å². The Bertz CT molecular complexity index is 1190. The fraction of sp³-hybridized carbons (Fsp3) is 0.222. The predicted molar refractivity (Wildman–Crippen MR) is 99.7 cm³/mol. The van der Waals surface area contributed by atoms with Crippen LogP contribution in [0.3, 0.4) is 0 Å². The van der Waals surface area contributed by atoms with E-state index in [9.17, 15) is 31.9 Å². The number of aromatic amines is 1. The maximum Gasteiger partial charge on any atom is 0.436 e. The fourth-order valence-corrected chi connectivity index (χ4v) is 2.90. The molecule has 14 heteroatoms. The zero-order chi connectivity index (χ0) is 23.6. The summed E-state index contributed by atoms with van der Waals surface area (Å²) >= 11 is 5.83. The van der Waals surface area contributed by atoms with Crippen LogP contribution in [0.4, 0.5) is 22.0 Å². The molecule has 0 bridgehead atoms. The SMILES string of the molecule is N#Cc1cc(Cl)cc(OC2=C(C(F)(F)F)N=CN(Cc3cc(C(F)F)n[nH]c3=O)C2O)c1. The van der Waals surface area contributed by atoms with Gasteiger partial charge >= 0.3 is 6.18 Å². The number of hydrogen-bond donors (Lipinski definition) is 2. The molecule has 2 aromatic rings. The maximum atomic E-state index is 13.4. The van der Waals surface area contributed by atoms with E-state index in [2.05, 4.69) is 10.1 Å². The molecule has 0 amide bonds. The highest BCUT2D eigenvalue weighted by atomic mass is 35.5. The van der Waals surface area contributed by atoms with E-state index in [1.807, 2.05) is 5.10 Å². The highest BCUT2D eigenvalue weighted by molar-refractivity contribution is 6.30. The summed E-state index contributed by atoms with van der Waals surface area (Å²) in [5.41, 5.74) is -3.57. The third kappa shape index (κ3) is 5.04. The molecule has 0 fully saturated rings. The van der Waals surface area contributed by atoms with E-state index in [0.29, 0.717) is 6.34 Å². The highest BCUT2D eigenvalue weighted by Gasteiger charge is 2.43. The number of nitrogens with zero attached hydrogens (tertiary/aromatic N) is 4. The van der Waals surface area contributed by atoms with E-state index in [0.717, 1.165) is 23.1 Å². The van der Waals surface area contributed by atoms with Crippen LogP contribution in [0, 0.1) is 11.3 Å². The molecule has 0 spiro atoms. The van der Waals surface area contributed by atoms with Gasteiger partial charge in [0.2, 0.25) is 0 Å². The number of benzene rings is 1. The van der Waals surface area contributed by atoms with Gasteiger partial charge in [0.25, 0.3) is 12.0 Å². The lowest BCUT2D eigenvalue weighted by molar-refractivity contribution is -0.0997. The van der Waals surface area contributed by atoms with Crippen molar-refractivity contribution in [2.75, 3.05) is 0 Å². The Kier molecular flexibility index (Phi) is 6.47. The summed E-state index contributed by atoms with van der Waals surface area (Å²) in [6, 6.07) is 5.95. The van der Waals surface area contributed by atoms with Crippen molar-refractivity contribution in [3.8, 4) is 11.8 Å². The van der Waals surface area contributed by atoms with Crippen LogP contribution in [-0.4, -0.2) is 38.9 Å². The molecule has 32 heavy (non-hydrogen) atoms. The molecular formula is C18H11ClF5N5O3. The average Bonchev–Trinajstić information content (AvgIpc) is 2.70. The second-order valence-electron chi connectivity index (χ2n) is 6.34. The third-order valence-corrected chi connectivity index (χ3v) is 4.31. The van der Waals surface area contributed by atoms with E-state index >= 15 is 0 Å². The van der Waals surface area contributed by atoms with E-state index in [1.54, 1.807) is 6.07 Å². The van der Waals surface area contributed by atoms with Gasteiger partial charge in [-0.05, 0) is 24.3 Å². The molecule has 1 aliphatic heterocycles. The number of aromatic nitrogens is 2. The van der Waals surface area contributed by atoms with Crippen LogP contribution in [0.2, 0.25) is 5.02 Å². The van der Waals surface area contributed by atoms with E-state index in [4.69, 9.17) is 21.6 Å². The Morgan fingerprint density at radius 1 is 1.31 bits per heavy atom. The van der Waals surface area contributed by atoms with Gasteiger partial charge in [-0.25, -0.2) is 18.9 Å². The van der Waals surface area contributed by atoms with Gasteiger partial charge in [-0.3, -0.25) is 4.79 Å². The normalized spacial score (nSPS) is 16.5. The third-order valence-electron chi connectivity index (χ3n) is 4.09. The number of allylic oxidation sites excluding steroid dienone is 1. The minimum absolute atomic E-state index is 0.0123. The molecule has 3 rings (SSSR count). The van der Waals surface area contributed by atoms with Crippen LogP contribution in [0.15, 0.2) is 45.5 Å². The number of rotatable bonds is 5. The van der Waals surface area contributed by atoms with Crippen molar-refractivity contribution in [2.24, 2.45) is 4.99 Å². The maximum absolute atomic E-state index is 13.4. The van der Waals surface area contributed by atoms with Gasteiger partial charge in [0, 0.05) is 10.6 Å². The van der Waals surface area contributed by atoms with Crippen LogP contribution in [-0.2, 0) is 6.54 Å². The van der Waals surface area contributed by atoms with Crippen molar-refractivity contribution in [1.29, 1.82) is 5.26 Å². The minimum atomic E-state index is -5.04. The number of nitriles is 1. The molecule has 1 atom stereocenters. The van der Waals surface area contributed by atoms with Crippen molar-refractivity contribution >= 4 is 17.9 Å². The first kappa shape index (κ1) is 23.2. The number of hydrogen-bond acceptors (Lipinski definition) is 7. The van der Waals surface area contributed by atoms with Gasteiger partial charge in [0.05, 0.1) is 24.5 Å². The monoisotopic (exact) mass is 475 g/mol. The van der Waals surface area contributed by atoms with Gasteiger partial charge in [0.15, 0.2) is 17.7 Å². The second kappa shape index (κ2) is 8.93. The number of aliphatic imine (C=N–C) groups is 1. The Morgan fingerprint density at radius 2 is 2.03 bits per heavy atom. The van der Waals surface area contributed by atoms with Gasteiger partial charge < -0.3 is 14.7 Å². The number of H-pyrrole nitrogens is 1. The van der Waals surface area contributed by atoms with E-state index in [1.165, 1.54) is 6.07 Å². The van der Waals surface area contributed by atoms with Crippen molar-refractivity contribution < 1.29 is 31.8 Å². The largest absolute Gasteiger partial charge is 0.455 e. The van der Waals surface area contributed by atoms with Crippen molar-refractivity contribution in [3.05, 3.63) is 67.9 Å². The summed E-state index contributed by atoms with van der Waals surface area (Å²) in [6.07, 6.45) is -9.57. The summed E-state index contributed by atoms with van der Waals surface area (Å²) in [4.78, 5) is 15.9. The highest BCUT2D eigenvalue weighted by Crippen LogP contribution is 2.35. The first-order valence-corrected chi connectivity index (χ1v) is 8.92. The van der Waals surface area contributed by atoms with Gasteiger partial charge in [0.1, 0.15) is 11.4 Å². The number of ether oxygens (including phenoxy) is 1. The molecule has 0 radical (unpaired) electrons. The number of aliphatic hydroxyl groups excluding tert-OH is 1. The van der Waals surface area contributed by atoms with Crippen LogP contribution >= 0.6 is 11.6 Å². The Labute approximate surface area is 180 Å². The Hall–Kier alpha value is -3.50. The molecular weight excluding hydrogens is 465 g/mol. The minimum Gasteiger partial charge on any atom is -0.455 e. The number of nitrogens with one attached hydrogen (secondary N) is 1. The average molecular weight is 476 g/mol. The molecule has 168 valence electrons. The summed E-state index contributed by atoms with van der Waals surface area (Å²) in [5, 5.41) is 24.5. The lowest BCUT2D eigenvalue weighted by Crippen LogP contribution is -2.42. The molecule has 1 aliphatic rings. The molecule has 8 nitrogen and oxygen atoms in total. The van der Waals surface area contributed by atoms with Gasteiger partial charge in [-0.15, -0.1) is 0 Å². The first-order valence-electron chi connectivity index (χ1n) is 8.54. The Morgan fingerprint density at radius 3 is 2.66 bits per heavy atom. The molecule has 1 aromatic heterocycles. The molecule has 2 heterocycles. The summed E-state index contributed by atoms with van der Waals surface area (Å²) < 4.78 is 71.2. The molecule has 2 N–H and O–H groups in total. The van der Waals surface area contributed by atoms with Crippen molar-refractivity contribution in [1.82, 2.24) is 15.1 Å². The standard InChI is InChI=1S/C18H11ClF5N5O3/c19-10-1-8(5-25)2-11(4-10)32-13-14(18(22,23)24)26-7-29(17(13)31)6-9-3-12(15(20)21)27-28-16(9)30/h1-4,7,15,17,31H,6H2,(H,28,30). The zero-order valence-corrected chi connectivity index (χ0v) is 16.3. The molecule has 1 unspecified atom stereocenters. The zero-order valence-electron chi connectivity index (χ0n) is 15.6. The van der Waals surface area contributed by atoms with E-state index in [-0.39, 0.29) is 21.9 Å². The topological polar surface area (TPSA) is 115 Å². The summed E-state index contributed by atoms with van der Waals surface area (Å²) in [7, 11) is 0. The Balaban J connectivity index is 1.97. The van der Waals surface area contributed by atoms with Crippen LogP contribution in [0.1, 0.15) is 23.2 Å². The first-order chi connectivity index (χ1) is 15.0. The summed E-state index contributed by atoms with van der Waals surface area (Å²) in [6.45, 7) is -0.598. The van der Waals surface area contributed by atoms with Crippen LogP contribution in [0.5, 0.6) is 5.75 Å².